The van der Waals surface area contributed by atoms with Gasteiger partial charge in [-0.3, -0.25) is 9.69 Å². The zero-order valence-corrected chi connectivity index (χ0v) is 20.2. The van der Waals surface area contributed by atoms with E-state index in [-0.39, 0.29) is 12.5 Å². The van der Waals surface area contributed by atoms with Crippen LogP contribution in [0.4, 0.5) is 17.2 Å². The normalized spacial score (nSPS) is 15.8. The fourth-order valence-corrected chi connectivity index (χ4v) is 4.21. The molecule has 2 aliphatic rings. The third-order valence-electron chi connectivity index (χ3n) is 6.40. The third-order valence-corrected chi connectivity index (χ3v) is 6.40. The summed E-state index contributed by atoms with van der Waals surface area (Å²) in [6.07, 6.45) is 3.76. The van der Waals surface area contributed by atoms with Gasteiger partial charge in [0, 0.05) is 56.3 Å². The number of rotatable bonds is 9. The van der Waals surface area contributed by atoms with E-state index in [9.17, 15) is 9.59 Å². The summed E-state index contributed by atoms with van der Waals surface area (Å²) < 4.78 is 5.14. The number of anilines is 3. The van der Waals surface area contributed by atoms with E-state index in [0.717, 1.165) is 57.1 Å². The van der Waals surface area contributed by atoms with Crippen molar-refractivity contribution in [1.82, 2.24) is 9.88 Å². The first-order chi connectivity index (χ1) is 17.6. The molecule has 0 spiro atoms. The molecule has 2 aromatic carbocycles. The number of hydrogen-bond acceptors (Lipinski definition) is 7. The molecule has 1 aliphatic carbocycles. The van der Waals surface area contributed by atoms with Crippen LogP contribution < -0.4 is 15.5 Å². The highest BCUT2D eigenvalue weighted by molar-refractivity contribution is 5.95. The van der Waals surface area contributed by atoms with Crippen LogP contribution in [-0.2, 0) is 16.1 Å². The zero-order valence-electron chi connectivity index (χ0n) is 20.2. The standard InChI is InChI=1S/C28H31N5O3/c34-27(20-36-28(35)22-6-13-26(29-18-22)30-23-7-8-23)31-24-9-11-25(12-10-24)33-16-14-32(15-17-33)19-21-4-2-1-3-5-21/h1-6,9-13,18,23H,7-8,14-17,19-20H2,(H,29,30)(H,31,34). The predicted molar refractivity (Wildman–Crippen MR) is 140 cm³/mol. The molecule has 1 saturated heterocycles. The predicted octanol–water partition coefficient (Wildman–Crippen LogP) is 3.77. The van der Waals surface area contributed by atoms with Crippen LogP contribution in [0.25, 0.3) is 0 Å². The van der Waals surface area contributed by atoms with E-state index < -0.39 is 5.97 Å². The Morgan fingerprint density at radius 3 is 2.33 bits per heavy atom. The van der Waals surface area contributed by atoms with Gasteiger partial charge in [-0.1, -0.05) is 30.3 Å². The Bertz CT molecular complexity index is 1160. The molecule has 1 aromatic heterocycles. The first-order valence-corrected chi connectivity index (χ1v) is 12.4. The molecule has 1 amide bonds. The monoisotopic (exact) mass is 485 g/mol. The Labute approximate surface area is 211 Å². The minimum absolute atomic E-state index is 0.317. The van der Waals surface area contributed by atoms with Crippen LogP contribution in [0.3, 0.4) is 0 Å². The Kier molecular flexibility index (Phi) is 7.42. The Morgan fingerprint density at radius 2 is 1.67 bits per heavy atom. The molecule has 1 aliphatic heterocycles. The molecule has 8 nitrogen and oxygen atoms in total. The van der Waals surface area contributed by atoms with Gasteiger partial charge in [0.1, 0.15) is 5.82 Å². The number of piperazine rings is 1. The van der Waals surface area contributed by atoms with Crippen molar-refractivity contribution >= 4 is 29.1 Å². The highest BCUT2D eigenvalue weighted by Gasteiger charge is 2.21. The minimum Gasteiger partial charge on any atom is -0.452 e. The third kappa shape index (κ3) is 6.60. The number of carbonyl (C=O) groups excluding carboxylic acids is 2. The SMILES string of the molecule is O=C(COC(=O)c1ccc(NC2CC2)nc1)Nc1ccc(N2CCN(Cc3ccccc3)CC2)cc1. The van der Waals surface area contributed by atoms with Gasteiger partial charge in [0.05, 0.1) is 5.56 Å². The van der Waals surface area contributed by atoms with E-state index in [1.165, 1.54) is 11.8 Å². The van der Waals surface area contributed by atoms with Gasteiger partial charge in [0.2, 0.25) is 0 Å². The Balaban J connectivity index is 1.04. The summed E-state index contributed by atoms with van der Waals surface area (Å²) >= 11 is 0. The van der Waals surface area contributed by atoms with Crippen LogP contribution >= 0.6 is 0 Å². The van der Waals surface area contributed by atoms with E-state index >= 15 is 0 Å². The number of hydrogen-bond donors (Lipinski definition) is 2. The van der Waals surface area contributed by atoms with Crippen molar-refractivity contribution in [2.45, 2.75) is 25.4 Å². The molecule has 1 saturated carbocycles. The molecule has 5 rings (SSSR count). The Hall–Kier alpha value is -3.91. The summed E-state index contributed by atoms with van der Waals surface area (Å²) in [6, 6.07) is 22.2. The fraction of sp³-hybridized carbons (Fsp3) is 0.321. The highest BCUT2D eigenvalue weighted by Crippen LogP contribution is 2.23. The van der Waals surface area contributed by atoms with Crippen molar-refractivity contribution in [3.8, 4) is 0 Å². The van der Waals surface area contributed by atoms with Crippen LogP contribution in [0, 0.1) is 0 Å². The van der Waals surface area contributed by atoms with Crippen molar-refractivity contribution in [1.29, 1.82) is 0 Å². The molecule has 8 heteroatoms. The van der Waals surface area contributed by atoms with Gasteiger partial charge in [0.15, 0.2) is 6.61 Å². The van der Waals surface area contributed by atoms with Gasteiger partial charge in [0.25, 0.3) is 5.91 Å². The van der Waals surface area contributed by atoms with E-state index in [2.05, 4.69) is 49.7 Å². The molecule has 2 fully saturated rings. The second-order valence-corrected chi connectivity index (χ2v) is 9.27. The maximum absolute atomic E-state index is 12.3. The molecular formula is C28H31N5O3. The van der Waals surface area contributed by atoms with Gasteiger partial charge in [-0.05, 0) is 54.8 Å². The maximum atomic E-state index is 12.3. The molecule has 0 bridgehead atoms. The number of esters is 1. The summed E-state index contributed by atoms with van der Waals surface area (Å²) in [5.74, 6) is -0.215. The molecular weight excluding hydrogens is 454 g/mol. The smallest absolute Gasteiger partial charge is 0.340 e. The lowest BCUT2D eigenvalue weighted by molar-refractivity contribution is -0.119. The second-order valence-electron chi connectivity index (χ2n) is 9.27. The number of pyridine rings is 1. The van der Waals surface area contributed by atoms with Crippen molar-refractivity contribution in [3.05, 3.63) is 84.1 Å². The number of ether oxygens (including phenoxy) is 1. The highest BCUT2D eigenvalue weighted by atomic mass is 16.5. The number of amides is 1. The first-order valence-electron chi connectivity index (χ1n) is 12.4. The lowest BCUT2D eigenvalue weighted by atomic mass is 10.2. The summed E-state index contributed by atoms with van der Waals surface area (Å²) in [6.45, 7) is 4.56. The molecule has 186 valence electrons. The number of benzene rings is 2. The van der Waals surface area contributed by atoms with E-state index in [1.54, 1.807) is 12.1 Å². The van der Waals surface area contributed by atoms with Crippen LogP contribution in [0.1, 0.15) is 28.8 Å². The fourth-order valence-electron chi connectivity index (χ4n) is 4.21. The van der Waals surface area contributed by atoms with Crippen LogP contribution in [0.5, 0.6) is 0 Å². The number of carbonyl (C=O) groups is 2. The average molecular weight is 486 g/mol. The quantitative estimate of drug-likeness (QED) is 0.446. The van der Waals surface area contributed by atoms with E-state index in [0.29, 0.717) is 17.3 Å². The summed E-state index contributed by atoms with van der Waals surface area (Å²) in [5.41, 5.74) is 3.45. The lowest BCUT2D eigenvalue weighted by Crippen LogP contribution is -2.45. The topological polar surface area (TPSA) is 86.8 Å². The minimum atomic E-state index is -0.572. The zero-order chi connectivity index (χ0) is 24.7. The van der Waals surface area contributed by atoms with Crippen molar-refractivity contribution in [2.75, 3.05) is 48.3 Å². The van der Waals surface area contributed by atoms with Crippen LogP contribution in [0.2, 0.25) is 0 Å². The van der Waals surface area contributed by atoms with Gasteiger partial charge in [-0.15, -0.1) is 0 Å². The average Bonchev–Trinajstić information content (AvgIpc) is 3.73. The van der Waals surface area contributed by atoms with Gasteiger partial charge in [-0.2, -0.15) is 0 Å². The van der Waals surface area contributed by atoms with Gasteiger partial charge in [-0.25, -0.2) is 9.78 Å². The van der Waals surface area contributed by atoms with Crippen LogP contribution in [-0.4, -0.2) is 60.6 Å². The molecule has 36 heavy (non-hydrogen) atoms. The summed E-state index contributed by atoms with van der Waals surface area (Å²) in [7, 11) is 0. The van der Waals surface area contributed by atoms with E-state index in [1.807, 2.05) is 30.3 Å². The van der Waals surface area contributed by atoms with Crippen molar-refractivity contribution in [2.24, 2.45) is 0 Å². The second kappa shape index (κ2) is 11.2. The van der Waals surface area contributed by atoms with Gasteiger partial charge < -0.3 is 20.3 Å². The number of aromatic nitrogens is 1. The molecule has 0 radical (unpaired) electrons. The van der Waals surface area contributed by atoms with Gasteiger partial charge >= 0.3 is 5.97 Å². The Morgan fingerprint density at radius 1 is 0.917 bits per heavy atom. The van der Waals surface area contributed by atoms with Crippen molar-refractivity contribution < 1.29 is 14.3 Å². The van der Waals surface area contributed by atoms with Crippen molar-refractivity contribution in [3.63, 3.8) is 0 Å². The molecule has 0 atom stereocenters. The maximum Gasteiger partial charge on any atom is 0.340 e. The lowest BCUT2D eigenvalue weighted by Gasteiger charge is -2.36. The number of nitrogens with one attached hydrogen (secondary N) is 2. The number of nitrogens with zero attached hydrogens (tertiary/aromatic N) is 3. The van der Waals surface area contributed by atoms with Crippen LogP contribution in [0.15, 0.2) is 72.9 Å². The largest absolute Gasteiger partial charge is 0.452 e. The molecule has 2 N–H and O–H groups in total. The molecule has 2 heterocycles. The van der Waals surface area contributed by atoms with E-state index in [4.69, 9.17) is 4.74 Å². The summed E-state index contributed by atoms with van der Waals surface area (Å²) in [4.78, 5) is 33.5. The first kappa shape index (κ1) is 23.8. The molecule has 0 unspecified atom stereocenters. The summed E-state index contributed by atoms with van der Waals surface area (Å²) in [5, 5.41) is 6.04. The molecule has 3 aromatic rings.